The van der Waals surface area contributed by atoms with E-state index < -0.39 is 0 Å². The zero-order chi connectivity index (χ0) is 14.1. The van der Waals surface area contributed by atoms with E-state index in [0.29, 0.717) is 12.5 Å². The number of alkyl halides is 1. The molecule has 0 atom stereocenters. The van der Waals surface area contributed by atoms with E-state index in [2.05, 4.69) is 19.2 Å². The molecule has 1 rings (SSSR count). The highest BCUT2D eigenvalue weighted by molar-refractivity contribution is 6.17. The zero-order valence-corrected chi connectivity index (χ0v) is 12.8. The minimum atomic E-state index is 0.238. The van der Waals surface area contributed by atoms with Gasteiger partial charge in [0, 0.05) is 19.0 Å². The second-order valence-corrected chi connectivity index (χ2v) is 5.68. The van der Waals surface area contributed by atoms with Crippen molar-refractivity contribution in [2.24, 2.45) is 5.41 Å². The van der Waals surface area contributed by atoms with E-state index in [4.69, 9.17) is 21.1 Å². The molecule has 0 aliphatic carbocycles. The van der Waals surface area contributed by atoms with Crippen molar-refractivity contribution in [3.05, 3.63) is 24.3 Å². The van der Waals surface area contributed by atoms with Crippen LogP contribution in [0, 0.1) is 5.41 Å². The fraction of sp³-hybridized carbons (Fsp3) is 0.600. The molecular weight excluding hydrogens is 262 g/mol. The van der Waals surface area contributed by atoms with E-state index in [1.54, 1.807) is 7.11 Å². The Balaban J connectivity index is 2.16. The monoisotopic (exact) mass is 285 g/mol. The van der Waals surface area contributed by atoms with Crippen molar-refractivity contribution in [3.63, 3.8) is 0 Å². The minimum absolute atomic E-state index is 0.238. The molecule has 0 aliphatic heterocycles. The smallest absolute Gasteiger partial charge is 0.119 e. The summed E-state index contributed by atoms with van der Waals surface area (Å²) in [6, 6.07) is 7.62. The van der Waals surface area contributed by atoms with Gasteiger partial charge in [-0.25, -0.2) is 0 Å². The van der Waals surface area contributed by atoms with Crippen LogP contribution in [-0.2, 0) is 0 Å². The van der Waals surface area contributed by atoms with Crippen LogP contribution in [0.1, 0.15) is 20.3 Å². The Labute approximate surface area is 121 Å². The molecule has 0 amide bonds. The van der Waals surface area contributed by atoms with Crippen LogP contribution in [0.4, 0.5) is 0 Å². The van der Waals surface area contributed by atoms with E-state index in [-0.39, 0.29) is 5.41 Å². The van der Waals surface area contributed by atoms with Gasteiger partial charge in [-0.3, -0.25) is 0 Å². The number of rotatable bonds is 9. The van der Waals surface area contributed by atoms with Gasteiger partial charge < -0.3 is 14.8 Å². The molecule has 0 unspecified atom stereocenters. The van der Waals surface area contributed by atoms with Gasteiger partial charge in [0.25, 0.3) is 0 Å². The van der Waals surface area contributed by atoms with Crippen LogP contribution >= 0.6 is 11.6 Å². The quantitative estimate of drug-likeness (QED) is 0.558. The first-order valence-corrected chi connectivity index (χ1v) is 7.14. The molecule has 0 saturated carbocycles. The van der Waals surface area contributed by atoms with Crippen molar-refractivity contribution in [1.82, 2.24) is 5.32 Å². The molecule has 1 aromatic rings. The number of benzene rings is 1. The lowest BCUT2D eigenvalue weighted by Crippen LogP contribution is -2.32. The van der Waals surface area contributed by atoms with Gasteiger partial charge >= 0.3 is 0 Å². The molecular formula is C15H24ClNO2. The van der Waals surface area contributed by atoms with E-state index >= 15 is 0 Å². The Bertz CT molecular complexity index is 352. The molecule has 3 nitrogen and oxygen atoms in total. The number of halogens is 1. The Morgan fingerprint density at radius 2 is 1.79 bits per heavy atom. The highest BCUT2D eigenvalue weighted by Gasteiger charge is 2.15. The topological polar surface area (TPSA) is 30.5 Å². The van der Waals surface area contributed by atoms with Crippen molar-refractivity contribution >= 4 is 11.6 Å². The maximum absolute atomic E-state index is 5.77. The molecule has 0 saturated heterocycles. The molecule has 0 spiro atoms. The van der Waals surface area contributed by atoms with E-state index in [1.807, 2.05) is 24.3 Å². The summed E-state index contributed by atoms with van der Waals surface area (Å²) in [7, 11) is 1.66. The van der Waals surface area contributed by atoms with E-state index in [1.165, 1.54) is 0 Å². The van der Waals surface area contributed by atoms with Crippen LogP contribution in [0.25, 0.3) is 0 Å². The highest BCUT2D eigenvalue weighted by Crippen LogP contribution is 2.19. The average Bonchev–Trinajstić information content (AvgIpc) is 2.39. The molecule has 0 fully saturated rings. The van der Waals surface area contributed by atoms with Gasteiger partial charge in [-0.1, -0.05) is 13.8 Å². The van der Waals surface area contributed by atoms with Gasteiger partial charge in [-0.15, -0.1) is 11.6 Å². The Kier molecular flexibility index (Phi) is 7.03. The first-order chi connectivity index (χ1) is 9.07. The normalized spacial score (nSPS) is 11.4. The summed E-state index contributed by atoms with van der Waals surface area (Å²) in [6.45, 7) is 6.87. The van der Waals surface area contributed by atoms with Crippen LogP contribution < -0.4 is 14.8 Å². The third kappa shape index (κ3) is 6.69. The summed E-state index contributed by atoms with van der Waals surface area (Å²) in [5.41, 5.74) is 0.238. The molecule has 0 aliphatic rings. The predicted molar refractivity (Wildman–Crippen MR) is 80.5 cm³/mol. The van der Waals surface area contributed by atoms with Crippen molar-refractivity contribution < 1.29 is 9.47 Å². The number of hydrogen-bond acceptors (Lipinski definition) is 3. The molecule has 4 heteroatoms. The lowest BCUT2D eigenvalue weighted by Gasteiger charge is -2.23. The van der Waals surface area contributed by atoms with E-state index in [9.17, 15) is 0 Å². The number of hydrogen-bond donors (Lipinski definition) is 1. The third-order valence-electron chi connectivity index (χ3n) is 2.98. The summed E-state index contributed by atoms with van der Waals surface area (Å²) >= 11 is 5.77. The first kappa shape index (κ1) is 16.1. The Hall–Kier alpha value is -0.930. The summed E-state index contributed by atoms with van der Waals surface area (Å²) in [6.07, 6.45) is 1.01. The number of methoxy groups -OCH3 is 1. The molecule has 0 bridgehead atoms. The minimum Gasteiger partial charge on any atom is -0.497 e. The molecule has 0 heterocycles. The maximum Gasteiger partial charge on any atom is 0.119 e. The van der Waals surface area contributed by atoms with Gasteiger partial charge in [0.2, 0.25) is 0 Å². The van der Waals surface area contributed by atoms with Crippen LogP contribution in [0.5, 0.6) is 11.5 Å². The van der Waals surface area contributed by atoms with Crippen molar-refractivity contribution in [1.29, 1.82) is 0 Å². The second kappa shape index (κ2) is 8.28. The summed E-state index contributed by atoms with van der Waals surface area (Å²) in [4.78, 5) is 0. The molecule has 0 aromatic heterocycles. The van der Waals surface area contributed by atoms with Gasteiger partial charge in [-0.2, -0.15) is 0 Å². The van der Waals surface area contributed by atoms with Gasteiger partial charge in [-0.05, 0) is 36.1 Å². The fourth-order valence-electron chi connectivity index (χ4n) is 1.68. The van der Waals surface area contributed by atoms with Crippen LogP contribution in [0.3, 0.4) is 0 Å². The zero-order valence-electron chi connectivity index (χ0n) is 12.0. The summed E-state index contributed by atoms with van der Waals surface area (Å²) in [5.74, 6) is 2.41. The van der Waals surface area contributed by atoms with Crippen LogP contribution in [0.2, 0.25) is 0 Å². The largest absolute Gasteiger partial charge is 0.497 e. The molecule has 108 valence electrons. The Morgan fingerprint density at radius 3 is 2.37 bits per heavy atom. The molecule has 1 aromatic carbocycles. The molecule has 19 heavy (non-hydrogen) atoms. The molecule has 1 N–H and O–H groups in total. The molecule has 0 radical (unpaired) electrons. The standard InChI is InChI=1S/C15H24ClNO2/c1-15(2,8-9-16)12-17-10-11-19-14-6-4-13(18-3)5-7-14/h4-7,17H,8-12H2,1-3H3. The Morgan fingerprint density at radius 1 is 1.16 bits per heavy atom. The lowest BCUT2D eigenvalue weighted by atomic mass is 9.90. The third-order valence-corrected chi connectivity index (χ3v) is 3.17. The van der Waals surface area contributed by atoms with Crippen LogP contribution in [-0.4, -0.2) is 32.7 Å². The number of ether oxygens (including phenoxy) is 2. The fourth-order valence-corrected chi connectivity index (χ4v) is 2.20. The van der Waals surface area contributed by atoms with Crippen molar-refractivity contribution in [2.75, 3.05) is 32.7 Å². The highest BCUT2D eigenvalue weighted by atomic mass is 35.5. The lowest BCUT2D eigenvalue weighted by molar-refractivity contribution is 0.284. The number of nitrogens with one attached hydrogen (secondary N) is 1. The van der Waals surface area contributed by atoms with Gasteiger partial charge in [0.05, 0.1) is 7.11 Å². The van der Waals surface area contributed by atoms with Gasteiger partial charge in [0.15, 0.2) is 0 Å². The van der Waals surface area contributed by atoms with Gasteiger partial charge in [0.1, 0.15) is 18.1 Å². The SMILES string of the molecule is COc1ccc(OCCNCC(C)(C)CCCl)cc1. The second-order valence-electron chi connectivity index (χ2n) is 5.30. The maximum atomic E-state index is 5.77. The summed E-state index contributed by atoms with van der Waals surface area (Å²) < 4.78 is 10.7. The van der Waals surface area contributed by atoms with Crippen LogP contribution in [0.15, 0.2) is 24.3 Å². The van der Waals surface area contributed by atoms with Crippen molar-refractivity contribution in [3.8, 4) is 11.5 Å². The first-order valence-electron chi connectivity index (χ1n) is 6.61. The van der Waals surface area contributed by atoms with Crippen molar-refractivity contribution in [2.45, 2.75) is 20.3 Å². The summed E-state index contributed by atoms with van der Waals surface area (Å²) in [5, 5.41) is 3.39. The predicted octanol–water partition coefficient (Wildman–Crippen LogP) is 3.32. The van der Waals surface area contributed by atoms with E-state index in [0.717, 1.165) is 31.0 Å². The average molecular weight is 286 g/mol.